The van der Waals surface area contributed by atoms with Crippen molar-refractivity contribution >= 4 is 5.57 Å². The van der Waals surface area contributed by atoms with Crippen LogP contribution in [-0.2, 0) is 11.3 Å². The van der Waals surface area contributed by atoms with Gasteiger partial charge < -0.3 is 18.9 Å². The molecule has 182 valence electrons. The normalized spacial score (nSPS) is 14.5. The maximum Gasteiger partial charge on any atom is 0.188 e. The Bertz CT molecular complexity index is 1410. The van der Waals surface area contributed by atoms with Crippen LogP contribution in [0, 0.1) is 32.1 Å². The number of fused-ring (bicyclic) bond motifs is 1. The third-order valence-corrected chi connectivity index (χ3v) is 6.93. The van der Waals surface area contributed by atoms with E-state index in [1.807, 2.05) is 24.3 Å². The molecule has 36 heavy (non-hydrogen) atoms. The molecule has 0 saturated heterocycles. The number of ether oxygens (including phenoxy) is 4. The Morgan fingerprint density at radius 2 is 1.75 bits per heavy atom. The Morgan fingerprint density at radius 1 is 0.972 bits per heavy atom. The average Bonchev–Trinajstić information content (AvgIpc) is 3.56. The molecular formula is C31H29NO4. The lowest BCUT2D eigenvalue weighted by Gasteiger charge is -2.18. The zero-order valence-corrected chi connectivity index (χ0v) is 21.1. The first-order valence-electron chi connectivity index (χ1n) is 12.1. The van der Waals surface area contributed by atoms with Crippen LogP contribution in [0.25, 0.3) is 16.7 Å². The van der Waals surface area contributed by atoms with Gasteiger partial charge in [0, 0.05) is 24.3 Å². The summed E-state index contributed by atoms with van der Waals surface area (Å²) in [5.74, 6) is 2.36. The van der Waals surface area contributed by atoms with Crippen LogP contribution >= 0.6 is 0 Å². The number of aryl methyl sites for hydroxylation is 2. The Kier molecular flexibility index (Phi) is 6.33. The fourth-order valence-corrected chi connectivity index (χ4v) is 5.00. The van der Waals surface area contributed by atoms with Crippen molar-refractivity contribution in [3.8, 4) is 34.4 Å². The highest BCUT2D eigenvalue weighted by atomic mass is 16.7. The van der Waals surface area contributed by atoms with Crippen LogP contribution in [0.5, 0.6) is 17.2 Å². The van der Waals surface area contributed by atoms with Crippen LogP contribution in [0.2, 0.25) is 0 Å². The van der Waals surface area contributed by atoms with Gasteiger partial charge in [-0.3, -0.25) is 0 Å². The molecule has 1 spiro atoms. The first-order valence-corrected chi connectivity index (χ1v) is 12.1. The SMILES string of the molecule is COCOc1cc(C)c(-c2cccc(COc3ccc4c(c3)OC3(CC3)C4=C=CC#N)c2C)c(C)c1. The van der Waals surface area contributed by atoms with E-state index in [1.165, 1.54) is 22.8 Å². The number of hydrogen-bond acceptors (Lipinski definition) is 5. The molecule has 3 aromatic rings. The minimum atomic E-state index is -0.306. The Morgan fingerprint density at radius 3 is 2.44 bits per heavy atom. The summed E-state index contributed by atoms with van der Waals surface area (Å²) in [4.78, 5) is 0. The van der Waals surface area contributed by atoms with Gasteiger partial charge >= 0.3 is 0 Å². The van der Waals surface area contributed by atoms with Gasteiger partial charge in [0.15, 0.2) is 6.79 Å². The molecule has 0 unspecified atom stereocenters. The van der Waals surface area contributed by atoms with Crippen molar-refractivity contribution < 1.29 is 18.9 Å². The summed E-state index contributed by atoms with van der Waals surface area (Å²) < 4.78 is 23.1. The summed E-state index contributed by atoms with van der Waals surface area (Å²) in [5.41, 5.74) is 11.8. The predicted molar refractivity (Wildman–Crippen MR) is 139 cm³/mol. The summed E-state index contributed by atoms with van der Waals surface area (Å²) in [6.07, 6.45) is 3.30. The van der Waals surface area contributed by atoms with Gasteiger partial charge in [-0.05, 0) is 91.3 Å². The zero-order chi connectivity index (χ0) is 25.3. The van der Waals surface area contributed by atoms with Crippen molar-refractivity contribution in [2.75, 3.05) is 13.9 Å². The first kappa shape index (κ1) is 23.8. The maximum atomic E-state index is 8.92. The van der Waals surface area contributed by atoms with Gasteiger partial charge in [0.1, 0.15) is 29.5 Å². The van der Waals surface area contributed by atoms with E-state index in [0.717, 1.165) is 57.9 Å². The van der Waals surface area contributed by atoms with Crippen molar-refractivity contribution in [3.63, 3.8) is 0 Å². The summed E-state index contributed by atoms with van der Waals surface area (Å²) >= 11 is 0. The second-order valence-corrected chi connectivity index (χ2v) is 9.41. The maximum absolute atomic E-state index is 8.92. The van der Waals surface area contributed by atoms with Crippen molar-refractivity contribution in [1.29, 1.82) is 5.26 Å². The minimum Gasteiger partial charge on any atom is -0.489 e. The molecule has 1 saturated carbocycles. The van der Waals surface area contributed by atoms with Gasteiger partial charge in [-0.15, -0.1) is 5.73 Å². The van der Waals surface area contributed by atoms with E-state index >= 15 is 0 Å². The molecular weight excluding hydrogens is 450 g/mol. The lowest BCUT2D eigenvalue weighted by molar-refractivity contribution is 0.0511. The number of nitrogens with zero attached hydrogens (tertiary/aromatic N) is 1. The van der Waals surface area contributed by atoms with E-state index in [0.29, 0.717) is 6.61 Å². The smallest absolute Gasteiger partial charge is 0.188 e. The molecule has 0 aromatic heterocycles. The van der Waals surface area contributed by atoms with E-state index in [9.17, 15) is 0 Å². The number of benzene rings is 3. The highest BCUT2D eigenvalue weighted by Gasteiger charge is 2.54. The molecule has 0 amide bonds. The highest BCUT2D eigenvalue weighted by molar-refractivity contribution is 5.83. The molecule has 0 bridgehead atoms. The quantitative estimate of drug-likeness (QED) is 0.211. The molecule has 3 aromatic carbocycles. The van der Waals surface area contributed by atoms with Gasteiger partial charge in [0.2, 0.25) is 0 Å². The van der Waals surface area contributed by atoms with Crippen molar-refractivity contribution in [2.45, 2.75) is 45.8 Å². The molecule has 1 aliphatic heterocycles. The van der Waals surface area contributed by atoms with Crippen molar-refractivity contribution in [1.82, 2.24) is 0 Å². The van der Waals surface area contributed by atoms with Gasteiger partial charge in [-0.25, -0.2) is 0 Å². The molecule has 5 nitrogen and oxygen atoms in total. The summed E-state index contributed by atoms with van der Waals surface area (Å²) in [6, 6.07) is 18.4. The van der Waals surface area contributed by atoms with E-state index in [4.69, 9.17) is 24.2 Å². The fourth-order valence-electron chi connectivity index (χ4n) is 5.00. The Labute approximate surface area is 212 Å². The zero-order valence-electron chi connectivity index (χ0n) is 21.1. The standard InChI is InChI=1S/C31H29NO4/c1-20-15-25(35-19-33-4)16-21(2)30(20)26-8-5-7-23(22(26)3)18-34-24-10-11-27-28(9-6-14-32)31(12-13-31)36-29(27)17-24/h5-8,10-11,15-17H,12-13,18-19H2,1-4H3. The Balaban J connectivity index is 1.37. The molecule has 1 aliphatic carbocycles. The largest absolute Gasteiger partial charge is 0.489 e. The Hall–Kier alpha value is -3.97. The number of nitriles is 1. The summed E-state index contributed by atoms with van der Waals surface area (Å²) in [5, 5.41) is 8.92. The number of methoxy groups -OCH3 is 1. The third-order valence-electron chi connectivity index (χ3n) is 6.93. The highest BCUT2D eigenvalue weighted by Crippen LogP contribution is 2.57. The monoisotopic (exact) mass is 479 g/mol. The van der Waals surface area contributed by atoms with Gasteiger partial charge in [0.25, 0.3) is 0 Å². The predicted octanol–water partition coefficient (Wildman–Crippen LogP) is 6.83. The van der Waals surface area contributed by atoms with E-state index in [2.05, 4.69) is 56.8 Å². The average molecular weight is 480 g/mol. The number of rotatable bonds is 7. The molecule has 1 heterocycles. The van der Waals surface area contributed by atoms with Crippen LogP contribution in [0.3, 0.4) is 0 Å². The van der Waals surface area contributed by atoms with Gasteiger partial charge in [-0.1, -0.05) is 18.2 Å². The topological polar surface area (TPSA) is 60.7 Å². The lowest BCUT2D eigenvalue weighted by atomic mass is 9.90. The summed E-state index contributed by atoms with van der Waals surface area (Å²) in [7, 11) is 1.62. The van der Waals surface area contributed by atoms with Crippen LogP contribution in [0.4, 0.5) is 0 Å². The lowest BCUT2D eigenvalue weighted by Crippen LogP contribution is -2.11. The third kappa shape index (κ3) is 4.38. The van der Waals surface area contributed by atoms with E-state index < -0.39 is 0 Å². The first-order chi connectivity index (χ1) is 17.5. The van der Waals surface area contributed by atoms with Gasteiger partial charge in [0.05, 0.1) is 12.1 Å². The number of hydrogen-bond donors (Lipinski definition) is 0. The molecule has 2 aliphatic rings. The molecule has 1 fully saturated rings. The van der Waals surface area contributed by atoms with Crippen molar-refractivity contribution in [3.05, 3.63) is 88.2 Å². The molecule has 5 heteroatoms. The second-order valence-electron chi connectivity index (χ2n) is 9.41. The fraction of sp³-hybridized carbons (Fsp3) is 0.290. The van der Waals surface area contributed by atoms with E-state index in [-0.39, 0.29) is 12.4 Å². The van der Waals surface area contributed by atoms with Crippen molar-refractivity contribution in [2.24, 2.45) is 0 Å². The minimum absolute atomic E-state index is 0.229. The van der Waals surface area contributed by atoms with Crippen LogP contribution in [-0.4, -0.2) is 19.5 Å². The molecule has 0 radical (unpaired) electrons. The van der Waals surface area contributed by atoms with Crippen LogP contribution in [0.1, 0.15) is 40.7 Å². The van der Waals surface area contributed by atoms with Crippen LogP contribution < -0.4 is 14.2 Å². The molecule has 0 atom stereocenters. The van der Waals surface area contributed by atoms with E-state index in [1.54, 1.807) is 7.11 Å². The second kappa shape index (κ2) is 9.59. The van der Waals surface area contributed by atoms with Gasteiger partial charge in [-0.2, -0.15) is 5.26 Å². The molecule has 5 rings (SSSR count). The molecule has 0 N–H and O–H groups in total. The van der Waals surface area contributed by atoms with Crippen LogP contribution in [0.15, 0.2) is 60.3 Å². The summed E-state index contributed by atoms with van der Waals surface area (Å²) in [6.45, 7) is 7.04.